The maximum atomic E-state index is 12.4. The first-order chi connectivity index (χ1) is 12.3. The first-order valence-electron chi connectivity index (χ1n) is 8.45. The lowest BCUT2D eigenvalue weighted by Gasteiger charge is -2.26. The third-order valence-corrected chi connectivity index (χ3v) is 6.46. The van der Waals surface area contributed by atoms with Gasteiger partial charge in [-0.15, -0.1) is 0 Å². The van der Waals surface area contributed by atoms with Crippen LogP contribution in [-0.2, 0) is 9.84 Å². The second-order valence-corrected chi connectivity index (χ2v) is 8.78. The number of hydrogen-bond acceptors (Lipinski definition) is 5. The van der Waals surface area contributed by atoms with E-state index in [4.69, 9.17) is 0 Å². The van der Waals surface area contributed by atoms with Gasteiger partial charge in [0.25, 0.3) is 11.5 Å². The number of pyridine rings is 1. The molecule has 1 aliphatic carbocycles. The van der Waals surface area contributed by atoms with E-state index >= 15 is 0 Å². The Morgan fingerprint density at radius 3 is 2.65 bits per heavy atom. The molecule has 26 heavy (non-hydrogen) atoms. The van der Waals surface area contributed by atoms with Crippen LogP contribution in [0.4, 0.5) is 0 Å². The summed E-state index contributed by atoms with van der Waals surface area (Å²) in [6.07, 6.45) is 4.76. The summed E-state index contributed by atoms with van der Waals surface area (Å²) in [6, 6.07) is 4.72. The van der Waals surface area contributed by atoms with E-state index in [1.807, 2.05) is 12.1 Å². The van der Waals surface area contributed by atoms with Gasteiger partial charge >= 0.3 is 0 Å². The molecule has 2 heterocycles. The molecule has 8 heteroatoms. The van der Waals surface area contributed by atoms with Crippen molar-refractivity contribution < 1.29 is 18.3 Å². The number of nitrogens with one attached hydrogen (secondary N) is 2. The Hall–Kier alpha value is -2.61. The number of fused-ring (bicyclic) bond motifs is 1. The zero-order chi connectivity index (χ0) is 18.5. The van der Waals surface area contributed by atoms with Crippen molar-refractivity contribution in [2.45, 2.75) is 31.2 Å². The van der Waals surface area contributed by atoms with Crippen LogP contribution in [0.1, 0.15) is 41.1 Å². The van der Waals surface area contributed by atoms with Crippen LogP contribution >= 0.6 is 0 Å². The molecule has 1 fully saturated rings. The van der Waals surface area contributed by atoms with E-state index in [-0.39, 0.29) is 5.75 Å². The van der Waals surface area contributed by atoms with Crippen LogP contribution in [0.5, 0.6) is 5.75 Å². The largest absolute Gasteiger partial charge is 0.506 e. The summed E-state index contributed by atoms with van der Waals surface area (Å²) in [5, 5.41) is 14.3. The number of carbonyl (C=O) groups excluding carboxylic acids is 1. The molecule has 3 N–H and O–H groups in total. The lowest BCUT2D eigenvalue weighted by Crippen LogP contribution is -2.38. The molecule has 1 aromatic heterocycles. The second kappa shape index (κ2) is 5.98. The highest BCUT2D eigenvalue weighted by Crippen LogP contribution is 2.38. The number of amides is 1. The minimum absolute atomic E-state index is 0.254. The van der Waals surface area contributed by atoms with Crippen molar-refractivity contribution >= 4 is 26.6 Å². The molecule has 0 saturated heterocycles. The van der Waals surface area contributed by atoms with Gasteiger partial charge in [0.2, 0.25) is 0 Å². The SMILES string of the molecule is O=C(N[C@@H]1C=CS(=O)(=O)C1)c1c(O)c2ccc(C3CCC3)cc2[nH]c1=O. The third-order valence-electron chi connectivity index (χ3n) is 5.06. The molecule has 0 radical (unpaired) electrons. The average Bonchev–Trinajstić information content (AvgIpc) is 2.84. The number of carbonyl (C=O) groups is 1. The molecule has 4 rings (SSSR count). The van der Waals surface area contributed by atoms with E-state index in [9.17, 15) is 23.1 Å². The number of aromatic amines is 1. The van der Waals surface area contributed by atoms with Crippen LogP contribution in [-0.4, -0.2) is 36.2 Å². The molecule has 136 valence electrons. The van der Waals surface area contributed by atoms with E-state index in [0.717, 1.165) is 23.8 Å². The lowest BCUT2D eigenvalue weighted by atomic mass is 9.80. The van der Waals surface area contributed by atoms with Crippen LogP contribution in [0.25, 0.3) is 10.9 Å². The Kier molecular flexibility index (Phi) is 3.87. The number of aromatic nitrogens is 1. The predicted octanol–water partition coefficient (Wildman–Crippen LogP) is 1.54. The van der Waals surface area contributed by atoms with Crippen molar-refractivity contribution in [2.75, 3.05) is 5.75 Å². The van der Waals surface area contributed by atoms with Crippen molar-refractivity contribution in [3.63, 3.8) is 0 Å². The van der Waals surface area contributed by atoms with Crippen LogP contribution < -0.4 is 10.9 Å². The predicted molar refractivity (Wildman–Crippen MR) is 97.0 cm³/mol. The molecule has 2 aliphatic rings. The molecular weight excluding hydrogens is 356 g/mol. The van der Waals surface area contributed by atoms with E-state index < -0.39 is 38.7 Å². The number of sulfone groups is 1. The fraction of sp³-hybridized carbons (Fsp3) is 0.333. The maximum Gasteiger partial charge on any atom is 0.265 e. The van der Waals surface area contributed by atoms with Crippen molar-refractivity contribution in [1.29, 1.82) is 0 Å². The van der Waals surface area contributed by atoms with Crippen molar-refractivity contribution in [2.24, 2.45) is 0 Å². The van der Waals surface area contributed by atoms with E-state index in [1.54, 1.807) is 6.07 Å². The van der Waals surface area contributed by atoms with Gasteiger partial charge in [-0.25, -0.2) is 8.42 Å². The Morgan fingerprint density at radius 2 is 2.04 bits per heavy atom. The van der Waals surface area contributed by atoms with E-state index in [1.165, 1.54) is 12.5 Å². The molecule has 1 atom stereocenters. The monoisotopic (exact) mass is 374 g/mol. The standard InChI is InChI=1S/C18H18N2O5S/c21-16-13-5-4-11(10-2-1-3-10)8-14(13)20-18(23)15(16)17(22)19-12-6-7-26(24,25)9-12/h4-8,10,12H,1-3,9H2,(H,19,22)(H2,20,21,23)/t12-/m1/s1. The van der Waals surface area contributed by atoms with Crippen LogP contribution in [0.3, 0.4) is 0 Å². The van der Waals surface area contributed by atoms with Gasteiger partial charge in [0.1, 0.15) is 11.3 Å². The number of rotatable bonds is 3. The van der Waals surface area contributed by atoms with Gasteiger partial charge in [-0.3, -0.25) is 9.59 Å². The van der Waals surface area contributed by atoms with Gasteiger partial charge in [0.05, 0.1) is 17.3 Å². The zero-order valence-corrected chi connectivity index (χ0v) is 14.7. The summed E-state index contributed by atoms with van der Waals surface area (Å²) in [4.78, 5) is 27.4. The fourth-order valence-electron chi connectivity index (χ4n) is 3.41. The summed E-state index contributed by atoms with van der Waals surface area (Å²) in [5.74, 6) is -0.980. The zero-order valence-electron chi connectivity index (χ0n) is 13.9. The number of hydrogen-bond donors (Lipinski definition) is 3. The maximum absolute atomic E-state index is 12.4. The Labute approximate surface area is 149 Å². The molecule has 0 spiro atoms. The summed E-state index contributed by atoms with van der Waals surface area (Å²) in [5.41, 5.74) is 0.476. The van der Waals surface area contributed by atoms with E-state index in [2.05, 4.69) is 10.3 Å². The molecule has 1 aliphatic heterocycles. The molecule has 2 aromatic rings. The van der Waals surface area contributed by atoms with Crippen molar-refractivity contribution in [1.82, 2.24) is 10.3 Å². The quantitative estimate of drug-likeness (QED) is 0.754. The Bertz CT molecular complexity index is 1100. The van der Waals surface area contributed by atoms with Crippen molar-refractivity contribution in [3.05, 3.63) is 51.2 Å². The Morgan fingerprint density at radius 1 is 1.27 bits per heavy atom. The highest BCUT2D eigenvalue weighted by molar-refractivity contribution is 7.94. The van der Waals surface area contributed by atoms with Gasteiger partial charge in [-0.1, -0.05) is 12.5 Å². The van der Waals surface area contributed by atoms with Gasteiger partial charge in [-0.2, -0.15) is 0 Å². The first kappa shape index (κ1) is 16.8. The van der Waals surface area contributed by atoms with Gasteiger partial charge in [0, 0.05) is 10.8 Å². The Balaban J connectivity index is 1.68. The molecular formula is C18H18N2O5S. The van der Waals surface area contributed by atoms with Gasteiger partial charge in [0.15, 0.2) is 9.84 Å². The van der Waals surface area contributed by atoms with Crippen LogP contribution in [0.15, 0.2) is 34.5 Å². The van der Waals surface area contributed by atoms with Gasteiger partial charge in [-0.05, 0) is 42.5 Å². The summed E-state index contributed by atoms with van der Waals surface area (Å²) in [7, 11) is -3.33. The first-order valence-corrected chi connectivity index (χ1v) is 10.2. The lowest BCUT2D eigenvalue weighted by molar-refractivity contribution is 0.0943. The summed E-state index contributed by atoms with van der Waals surface area (Å²) < 4.78 is 22.9. The third kappa shape index (κ3) is 2.90. The molecule has 7 nitrogen and oxygen atoms in total. The summed E-state index contributed by atoms with van der Waals surface area (Å²) >= 11 is 0. The molecule has 1 aromatic carbocycles. The topological polar surface area (TPSA) is 116 Å². The van der Waals surface area contributed by atoms with E-state index in [0.29, 0.717) is 16.8 Å². The highest BCUT2D eigenvalue weighted by Gasteiger charge is 2.27. The minimum Gasteiger partial charge on any atom is -0.506 e. The second-order valence-electron chi connectivity index (χ2n) is 6.85. The summed E-state index contributed by atoms with van der Waals surface area (Å²) in [6.45, 7) is 0. The van der Waals surface area contributed by atoms with Crippen LogP contribution in [0, 0.1) is 0 Å². The minimum atomic E-state index is -3.33. The highest BCUT2D eigenvalue weighted by atomic mass is 32.2. The molecule has 0 unspecified atom stereocenters. The number of H-pyrrole nitrogens is 1. The number of aromatic hydroxyl groups is 1. The van der Waals surface area contributed by atoms with Crippen molar-refractivity contribution in [3.8, 4) is 5.75 Å². The fourth-order valence-corrected chi connectivity index (χ4v) is 4.65. The van der Waals surface area contributed by atoms with Crippen LogP contribution in [0.2, 0.25) is 0 Å². The smallest absolute Gasteiger partial charge is 0.265 e. The molecule has 1 amide bonds. The number of benzene rings is 1. The average molecular weight is 374 g/mol. The normalized spacial score (nSPS) is 21.6. The molecule has 1 saturated carbocycles. The van der Waals surface area contributed by atoms with Gasteiger partial charge < -0.3 is 15.4 Å². The molecule has 0 bridgehead atoms.